The van der Waals surface area contributed by atoms with Gasteiger partial charge in [0.05, 0.1) is 12.6 Å². The molecule has 0 saturated heterocycles. The second-order valence-electron chi connectivity index (χ2n) is 3.31. The maximum atomic E-state index is 13.6. The van der Waals surface area contributed by atoms with Crippen molar-refractivity contribution in [3.63, 3.8) is 0 Å². The van der Waals surface area contributed by atoms with Gasteiger partial charge in [-0.15, -0.1) is 12.4 Å². The first kappa shape index (κ1) is 17.1. The molecule has 0 aliphatic carbocycles. The summed E-state index contributed by atoms with van der Waals surface area (Å²) in [7, 11) is 0. The van der Waals surface area contributed by atoms with Crippen LogP contribution in [0.4, 0.5) is 8.78 Å². The molecule has 1 aromatic rings. The largest absolute Gasteiger partial charge is 0.464 e. The predicted octanol–water partition coefficient (Wildman–Crippen LogP) is 2.80. The smallest absolute Gasteiger partial charge is 0.342 e. The first-order chi connectivity index (χ1) is 7.99. The van der Waals surface area contributed by atoms with Gasteiger partial charge in [0.2, 0.25) is 6.17 Å². The van der Waals surface area contributed by atoms with Crippen LogP contribution in [-0.4, -0.2) is 18.7 Å². The number of esters is 1. The maximum absolute atomic E-state index is 13.6. The highest BCUT2D eigenvalue weighted by molar-refractivity contribution is 6.31. The molecule has 2 atom stereocenters. The molecule has 0 saturated carbocycles. The Morgan fingerprint density at radius 1 is 1.56 bits per heavy atom. The molecule has 1 rings (SSSR count). The van der Waals surface area contributed by atoms with Crippen molar-refractivity contribution in [2.24, 2.45) is 5.73 Å². The van der Waals surface area contributed by atoms with Crippen LogP contribution in [0.5, 0.6) is 0 Å². The molecule has 0 aliphatic rings. The van der Waals surface area contributed by atoms with Crippen LogP contribution < -0.4 is 5.73 Å². The van der Waals surface area contributed by atoms with E-state index in [4.69, 9.17) is 17.3 Å². The zero-order chi connectivity index (χ0) is 13.0. The van der Waals surface area contributed by atoms with Crippen molar-refractivity contribution >= 4 is 30.0 Å². The van der Waals surface area contributed by atoms with Crippen molar-refractivity contribution in [3.05, 3.63) is 34.6 Å². The van der Waals surface area contributed by atoms with E-state index in [1.807, 2.05) is 0 Å². The molecule has 7 heteroatoms. The zero-order valence-corrected chi connectivity index (χ0v) is 11.1. The molecular formula is C11H13Cl2F2NO2. The lowest BCUT2D eigenvalue weighted by molar-refractivity contribution is -0.149. The van der Waals surface area contributed by atoms with Crippen LogP contribution in [0.1, 0.15) is 18.5 Å². The van der Waals surface area contributed by atoms with Crippen molar-refractivity contribution in [2.75, 3.05) is 6.61 Å². The van der Waals surface area contributed by atoms with Crippen LogP contribution in [0.3, 0.4) is 0 Å². The molecule has 0 spiro atoms. The SMILES string of the molecule is CCOC(=O)C(F)[C@@H](N)c1c(F)cccc1Cl.Cl. The lowest BCUT2D eigenvalue weighted by Crippen LogP contribution is -2.32. The van der Waals surface area contributed by atoms with E-state index in [0.717, 1.165) is 6.07 Å². The Hall–Kier alpha value is -0.910. The molecule has 18 heavy (non-hydrogen) atoms. The van der Waals surface area contributed by atoms with Gasteiger partial charge in [0.1, 0.15) is 5.82 Å². The molecular weight excluding hydrogens is 287 g/mol. The first-order valence-corrected chi connectivity index (χ1v) is 5.37. The van der Waals surface area contributed by atoms with E-state index >= 15 is 0 Å². The second kappa shape index (κ2) is 7.51. The van der Waals surface area contributed by atoms with Gasteiger partial charge in [-0.25, -0.2) is 13.6 Å². The fourth-order valence-electron chi connectivity index (χ4n) is 1.34. The molecule has 2 N–H and O–H groups in total. The standard InChI is InChI=1S/C11H12ClF2NO2.ClH/c1-2-17-11(16)9(14)10(15)8-6(12)4-3-5-7(8)13;/h3-5,9-10H,2,15H2,1H3;1H/t9?,10-;/m0./s1. The average molecular weight is 300 g/mol. The Morgan fingerprint density at radius 3 is 2.67 bits per heavy atom. The molecule has 3 nitrogen and oxygen atoms in total. The normalized spacial score (nSPS) is 13.4. The van der Waals surface area contributed by atoms with Gasteiger partial charge < -0.3 is 10.5 Å². The Bertz CT molecular complexity index is 398. The Labute approximate surface area is 115 Å². The average Bonchev–Trinajstić information content (AvgIpc) is 2.27. The van der Waals surface area contributed by atoms with Crippen molar-refractivity contribution in [1.29, 1.82) is 0 Å². The molecule has 0 amide bonds. The third-order valence-electron chi connectivity index (χ3n) is 2.16. The van der Waals surface area contributed by atoms with Gasteiger partial charge in [-0.05, 0) is 19.1 Å². The Kier molecular flexibility index (Phi) is 7.13. The van der Waals surface area contributed by atoms with E-state index in [9.17, 15) is 13.6 Å². The van der Waals surface area contributed by atoms with Crippen molar-refractivity contribution in [2.45, 2.75) is 19.1 Å². The molecule has 0 aliphatic heterocycles. The number of benzene rings is 1. The number of halogens is 4. The number of hydrogen-bond acceptors (Lipinski definition) is 3. The van der Waals surface area contributed by atoms with Gasteiger partial charge in [0, 0.05) is 10.6 Å². The third kappa shape index (κ3) is 3.80. The van der Waals surface area contributed by atoms with Crippen LogP contribution in [0.25, 0.3) is 0 Å². The van der Waals surface area contributed by atoms with Gasteiger partial charge in [0.15, 0.2) is 0 Å². The summed E-state index contributed by atoms with van der Waals surface area (Å²) in [5.74, 6) is -1.88. The Balaban J connectivity index is 0.00000289. The predicted molar refractivity (Wildman–Crippen MR) is 67.1 cm³/mol. The summed E-state index contributed by atoms with van der Waals surface area (Å²) in [5, 5.41) is -0.0237. The van der Waals surface area contributed by atoms with Crippen molar-refractivity contribution in [3.8, 4) is 0 Å². The van der Waals surface area contributed by atoms with Gasteiger partial charge in [-0.1, -0.05) is 17.7 Å². The lowest BCUT2D eigenvalue weighted by atomic mass is 10.0. The second-order valence-corrected chi connectivity index (χ2v) is 3.72. The molecule has 0 heterocycles. The van der Waals surface area contributed by atoms with E-state index in [-0.39, 0.29) is 29.6 Å². The minimum atomic E-state index is -2.15. The van der Waals surface area contributed by atoms with Gasteiger partial charge in [-0.2, -0.15) is 0 Å². The molecule has 0 radical (unpaired) electrons. The van der Waals surface area contributed by atoms with Crippen LogP contribution in [0, 0.1) is 5.82 Å². The molecule has 0 bridgehead atoms. The van der Waals surface area contributed by atoms with Crippen LogP contribution in [-0.2, 0) is 9.53 Å². The van der Waals surface area contributed by atoms with E-state index in [0.29, 0.717) is 0 Å². The summed E-state index contributed by atoms with van der Waals surface area (Å²) in [6.07, 6.45) is -2.15. The number of ether oxygens (including phenoxy) is 1. The van der Waals surface area contributed by atoms with Crippen LogP contribution >= 0.6 is 24.0 Å². The van der Waals surface area contributed by atoms with Crippen LogP contribution in [0.2, 0.25) is 5.02 Å². The highest BCUT2D eigenvalue weighted by Crippen LogP contribution is 2.28. The quantitative estimate of drug-likeness (QED) is 0.870. The first-order valence-electron chi connectivity index (χ1n) is 4.99. The van der Waals surface area contributed by atoms with Crippen molar-refractivity contribution in [1.82, 2.24) is 0 Å². The van der Waals surface area contributed by atoms with E-state index < -0.39 is 24.0 Å². The molecule has 1 aromatic carbocycles. The molecule has 1 unspecified atom stereocenters. The van der Waals surface area contributed by atoms with Gasteiger partial charge in [-0.3, -0.25) is 0 Å². The van der Waals surface area contributed by atoms with E-state index in [2.05, 4.69) is 4.74 Å². The number of carbonyl (C=O) groups excluding carboxylic acids is 1. The summed E-state index contributed by atoms with van der Waals surface area (Å²) in [4.78, 5) is 11.1. The van der Waals surface area contributed by atoms with Crippen molar-refractivity contribution < 1.29 is 18.3 Å². The fraction of sp³-hybridized carbons (Fsp3) is 0.364. The summed E-state index contributed by atoms with van der Waals surface area (Å²) in [6.45, 7) is 1.56. The summed E-state index contributed by atoms with van der Waals surface area (Å²) in [6, 6.07) is 2.35. The highest BCUT2D eigenvalue weighted by Gasteiger charge is 2.31. The topological polar surface area (TPSA) is 52.3 Å². The molecule has 0 aromatic heterocycles. The number of hydrogen-bond donors (Lipinski definition) is 1. The van der Waals surface area contributed by atoms with Gasteiger partial charge >= 0.3 is 5.97 Å². The molecule has 102 valence electrons. The van der Waals surface area contributed by atoms with Crippen LogP contribution in [0.15, 0.2) is 18.2 Å². The van der Waals surface area contributed by atoms with Gasteiger partial charge in [0.25, 0.3) is 0 Å². The number of rotatable bonds is 4. The number of nitrogens with two attached hydrogens (primary N) is 1. The minimum Gasteiger partial charge on any atom is -0.464 e. The lowest BCUT2D eigenvalue weighted by Gasteiger charge is -2.17. The Morgan fingerprint density at radius 2 is 2.17 bits per heavy atom. The minimum absolute atomic E-state index is 0. The fourth-order valence-corrected chi connectivity index (χ4v) is 1.63. The van der Waals surface area contributed by atoms with E-state index in [1.165, 1.54) is 19.1 Å². The highest BCUT2D eigenvalue weighted by atomic mass is 35.5. The third-order valence-corrected chi connectivity index (χ3v) is 2.49. The summed E-state index contributed by atoms with van der Waals surface area (Å²) >= 11 is 5.71. The van der Waals surface area contributed by atoms with E-state index in [1.54, 1.807) is 0 Å². The maximum Gasteiger partial charge on any atom is 0.342 e. The summed E-state index contributed by atoms with van der Waals surface area (Å²) in [5.41, 5.74) is 5.24. The number of alkyl halides is 1. The monoisotopic (exact) mass is 299 g/mol. The molecule has 0 fully saturated rings. The zero-order valence-electron chi connectivity index (χ0n) is 9.53. The number of carbonyl (C=O) groups is 1. The summed E-state index contributed by atoms with van der Waals surface area (Å²) < 4.78 is 31.5.